The smallest absolute Gasteiger partial charge is 0.0568 e. The predicted octanol–water partition coefficient (Wildman–Crippen LogP) is 3.10. The standard InChI is InChI=1S/C14H29NO/c1-3-13(4-2)15-11-7-9-12-8-5-6-10-14(12)16/h12-16H,3-11H2,1-2H3. The van der Waals surface area contributed by atoms with Crippen LogP contribution in [0.25, 0.3) is 0 Å². The molecule has 1 aliphatic rings. The molecule has 0 aromatic carbocycles. The molecule has 1 fully saturated rings. The fraction of sp³-hybridized carbons (Fsp3) is 1.00. The van der Waals surface area contributed by atoms with Gasteiger partial charge in [-0.2, -0.15) is 0 Å². The van der Waals surface area contributed by atoms with Crippen LogP contribution in [-0.4, -0.2) is 23.8 Å². The summed E-state index contributed by atoms with van der Waals surface area (Å²) in [5.74, 6) is 0.581. The van der Waals surface area contributed by atoms with E-state index in [1.54, 1.807) is 0 Å². The molecule has 0 aromatic heterocycles. The highest BCUT2D eigenvalue weighted by Crippen LogP contribution is 2.27. The Morgan fingerprint density at radius 1 is 1.19 bits per heavy atom. The molecule has 0 aliphatic heterocycles. The molecular weight excluding hydrogens is 198 g/mol. The van der Waals surface area contributed by atoms with E-state index in [0.717, 1.165) is 13.0 Å². The van der Waals surface area contributed by atoms with E-state index in [0.29, 0.717) is 12.0 Å². The minimum atomic E-state index is -0.0121. The summed E-state index contributed by atoms with van der Waals surface area (Å²) in [6.07, 6.45) is 9.68. The normalized spacial score (nSPS) is 26.2. The van der Waals surface area contributed by atoms with Crippen LogP contribution in [0.3, 0.4) is 0 Å². The average molecular weight is 227 g/mol. The van der Waals surface area contributed by atoms with Crippen LogP contribution >= 0.6 is 0 Å². The van der Waals surface area contributed by atoms with Crippen LogP contribution in [0.2, 0.25) is 0 Å². The fourth-order valence-corrected chi connectivity index (χ4v) is 2.77. The van der Waals surface area contributed by atoms with Crippen molar-refractivity contribution in [2.24, 2.45) is 5.92 Å². The van der Waals surface area contributed by atoms with Crippen LogP contribution in [-0.2, 0) is 0 Å². The van der Waals surface area contributed by atoms with Gasteiger partial charge >= 0.3 is 0 Å². The zero-order valence-corrected chi connectivity index (χ0v) is 11.0. The van der Waals surface area contributed by atoms with E-state index in [2.05, 4.69) is 19.2 Å². The lowest BCUT2D eigenvalue weighted by Gasteiger charge is -2.27. The Labute approximate surface area is 101 Å². The van der Waals surface area contributed by atoms with Gasteiger partial charge in [0.15, 0.2) is 0 Å². The van der Waals surface area contributed by atoms with Crippen LogP contribution in [0.1, 0.15) is 65.2 Å². The minimum absolute atomic E-state index is 0.0121. The van der Waals surface area contributed by atoms with E-state index in [9.17, 15) is 5.11 Å². The van der Waals surface area contributed by atoms with Crippen LogP contribution in [0.5, 0.6) is 0 Å². The molecule has 0 amide bonds. The summed E-state index contributed by atoms with van der Waals surface area (Å²) >= 11 is 0. The first-order chi connectivity index (χ1) is 7.77. The largest absolute Gasteiger partial charge is 0.393 e. The molecule has 2 atom stereocenters. The summed E-state index contributed by atoms with van der Waals surface area (Å²) in [5.41, 5.74) is 0. The number of hydrogen-bond donors (Lipinski definition) is 2. The lowest BCUT2D eigenvalue weighted by molar-refractivity contribution is 0.0642. The molecule has 96 valence electrons. The third-order valence-corrected chi connectivity index (χ3v) is 4.04. The zero-order valence-electron chi connectivity index (χ0n) is 11.0. The first kappa shape index (κ1) is 14.0. The molecule has 0 bridgehead atoms. The van der Waals surface area contributed by atoms with Gasteiger partial charge in [0.1, 0.15) is 0 Å². The van der Waals surface area contributed by atoms with Gasteiger partial charge in [-0.25, -0.2) is 0 Å². The number of hydrogen-bond acceptors (Lipinski definition) is 2. The Balaban J connectivity index is 2.05. The van der Waals surface area contributed by atoms with Gasteiger partial charge in [-0.1, -0.05) is 26.7 Å². The highest BCUT2D eigenvalue weighted by Gasteiger charge is 2.22. The van der Waals surface area contributed by atoms with Crippen LogP contribution in [0.4, 0.5) is 0 Å². The van der Waals surface area contributed by atoms with Gasteiger partial charge in [-0.3, -0.25) is 0 Å². The van der Waals surface area contributed by atoms with E-state index in [1.165, 1.54) is 44.9 Å². The topological polar surface area (TPSA) is 32.3 Å². The molecule has 16 heavy (non-hydrogen) atoms. The Morgan fingerprint density at radius 3 is 2.50 bits per heavy atom. The van der Waals surface area contributed by atoms with E-state index in [-0.39, 0.29) is 6.10 Å². The van der Waals surface area contributed by atoms with Crippen molar-refractivity contribution in [3.63, 3.8) is 0 Å². The highest BCUT2D eigenvalue weighted by atomic mass is 16.3. The van der Waals surface area contributed by atoms with Gasteiger partial charge in [0.25, 0.3) is 0 Å². The Kier molecular flexibility index (Phi) is 7.06. The molecule has 2 heteroatoms. The molecule has 1 rings (SSSR count). The van der Waals surface area contributed by atoms with Crippen molar-refractivity contribution in [2.45, 2.75) is 77.4 Å². The van der Waals surface area contributed by atoms with Gasteiger partial charge in [0.2, 0.25) is 0 Å². The molecule has 0 heterocycles. The first-order valence-corrected chi connectivity index (χ1v) is 7.19. The summed E-state index contributed by atoms with van der Waals surface area (Å²) in [7, 11) is 0. The monoisotopic (exact) mass is 227 g/mol. The maximum Gasteiger partial charge on any atom is 0.0568 e. The fourth-order valence-electron chi connectivity index (χ4n) is 2.77. The quantitative estimate of drug-likeness (QED) is 0.655. The van der Waals surface area contributed by atoms with Crippen LogP contribution < -0.4 is 5.32 Å². The first-order valence-electron chi connectivity index (χ1n) is 7.19. The Hall–Kier alpha value is -0.0800. The second-order valence-corrected chi connectivity index (χ2v) is 5.22. The maximum atomic E-state index is 9.85. The van der Waals surface area contributed by atoms with Crippen molar-refractivity contribution in [1.82, 2.24) is 5.32 Å². The third kappa shape index (κ3) is 4.84. The van der Waals surface area contributed by atoms with Crippen molar-refractivity contribution in [3.05, 3.63) is 0 Å². The van der Waals surface area contributed by atoms with Crippen LogP contribution in [0.15, 0.2) is 0 Å². The van der Waals surface area contributed by atoms with Crippen molar-refractivity contribution < 1.29 is 5.11 Å². The number of rotatable bonds is 7. The van der Waals surface area contributed by atoms with Gasteiger partial charge in [-0.15, -0.1) is 0 Å². The van der Waals surface area contributed by atoms with Crippen molar-refractivity contribution in [1.29, 1.82) is 0 Å². The lowest BCUT2D eigenvalue weighted by atomic mass is 9.83. The van der Waals surface area contributed by atoms with Gasteiger partial charge in [0.05, 0.1) is 6.10 Å². The maximum absolute atomic E-state index is 9.85. The Bertz CT molecular complexity index is 168. The summed E-state index contributed by atoms with van der Waals surface area (Å²) in [6.45, 7) is 5.60. The highest BCUT2D eigenvalue weighted by molar-refractivity contribution is 4.74. The zero-order chi connectivity index (χ0) is 11.8. The molecule has 2 unspecified atom stereocenters. The molecule has 0 saturated heterocycles. The Morgan fingerprint density at radius 2 is 1.88 bits per heavy atom. The molecular formula is C14H29NO. The molecule has 0 spiro atoms. The van der Waals surface area contributed by atoms with Gasteiger partial charge in [0, 0.05) is 6.04 Å². The summed E-state index contributed by atoms with van der Waals surface area (Å²) in [4.78, 5) is 0. The SMILES string of the molecule is CCC(CC)NCCCC1CCCCC1O. The van der Waals surface area contributed by atoms with Crippen LogP contribution in [0, 0.1) is 5.92 Å². The average Bonchev–Trinajstić information content (AvgIpc) is 2.31. The van der Waals surface area contributed by atoms with Gasteiger partial charge < -0.3 is 10.4 Å². The second-order valence-electron chi connectivity index (χ2n) is 5.22. The summed E-state index contributed by atoms with van der Waals surface area (Å²) in [6, 6.07) is 0.691. The molecule has 0 radical (unpaired) electrons. The summed E-state index contributed by atoms with van der Waals surface area (Å²) < 4.78 is 0. The third-order valence-electron chi connectivity index (χ3n) is 4.04. The van der Waals surface area contributed by atoms with E-state index in [1.807, 2.05) is 0 Å². The summed E-state index contributed by atoms with van der Waals surface area (Å²) in [5, 5.41) is 13.4. The van der Waals surface area contributed by atoms with Gasteiger partial charge in [-0.05, 0) is 51.0 Å². The molecule has 0 aromatic rings. The minimum Gasteiger partial charge on any atom is -0.393 e. The van der Waals surface area contributed by atoms with Crippen molar-refractivity contribution in [3.8, 4) is 0 Å². The van der Waals surface area contributed by atoms with E-state index < -0.39 is 0 Å². The van der Waals surface area contributed by atoms with E-state index in [4.69, 9.17) is 0 Å². The lowest BCUT2D eigenvalue weighted by Crippen LogP contribution is -2.30. The van der Waals surface area contributed by atoms with Crippen molar-refractivity contribution in [2.75, 3.05) is 6.54 Å². The molecule has 2 N–H and O–H groups in total. The number of aliphatic hydroxyl groups is 1. The number of aliphatic hydroxyl groups excluding tert-OH is 1. The molecule has 2 nitrogen and oxygen atoms in total. The molecule has 1 aliphatic carbocycles. The van der Waals surface area contributed by atoms with Crippen molar-refractivity contribution >= 4 is 0 Å². The number of nitrogens with one attached hydrogen (secondary N) is 1. The molecule has 1 saturated carbocycles. The predicted molar refractivity (Wildman–Crippen MR) is 69.6 cm³/mol. The second kappa shape index (κ2) is 8.08. The van der Waals surface area contributed by atoms with E-state index >= 15 is 0 Å².